The lowest BCUT2D eigenvalue weighted by Gasteiger charge is -2.22. The van der Waals surface area contributed by atoms with Crippen LogP contribution in [0.4, 0.5) is 5.69 Å². The Morgan fingerprint density at radius 3 is 2.41 bits per heavy atom. The van der Waals surface area contributed by atoms with Gasteiger partial charge in [0.2, 0.25) is 5.91 Å². The summed E-state index contributed by atoms with van der Waals surface area (Å²) in [5, 5.41) is 15.9. The molecular weight excluding hydrogens is 493 g/mol. The second-order valence-electron chi connectivity index (χ2n) is 7.80. The Bertz CT molecular complexity index is 1150. The van der Waals surface area contributed by atoms with Crippen molar-refractivity contribution < 1.29 is 9.59 Å². The number of allylic oxidation sites excluding steroid dienone is 1. The van der Waals surface area contributed by atoms with Crippen molar-refractivity contribution in [1.29, 1.82) is 0 Å². The maximum atomic E-state index is 12.8. The molecule has 178 valence electrons. The predicted octanol–water partition coefficient (Wildman–Crippen LogP) is 5.63. The van der Waals surface area contributed by atoms with Crippen LogP contribution in [0.15, 0.2) is 66.3 Å². The highest BCUT2D eigenvalue weighted by molar-refractivity contribution is 7.99. The third kappa shape index (κ3) is 6.85. The first-order chi connectivity index (χ1) is 16.3. The number of hydrogen-bond donors (Lipinski definition) is 2. The summed E-state index contributed by atoms with van der Waals surface area (Å²) in [5.41, 5.74) is 1.08. The molecule has 34 heavy (non-hydrogen) atoms. The highest BCUT2D eigenvalue weighted by Crippen LogP contribution is 2.26. The minimum atomic E-state index is -0.378. The Hall–Kier alpha value is -2.81. The van der Waals surface area contributed by atoms with Crippen molar-refractivity contribution in [2.75, 3.05) is 11.1 Å². The van der Waals surface area contributed by atoms with Gasteiger partial charge in [0.1, 0.15) is 0 Å². The molecule has 0 aliphatic rings. The number of carbonyl (C=O) groups is 2. The fraction of sp³-hybridized carbons (Fsp3) is 0.250. The lowest BCUT2D eigenvalue weighted by atomic mass is 10.0. The molecule has 2 aromatic carbocycles. The molecule has 1 atom stereocenters. The maximum absolute atomic E-state index is 12.8. The summed E-state index contributed by atoms with van der Waals surface area (Å²) in [6, 6.07) is 13.5. The second-order valence-corrected chi connectivity index (χ2v) is 9.61. The molecule has 0 aliphatic carbocycles. The Kier molecular flexibility index (Phi) is 9.15. The Labute approximate surface area is 212 Å². The highest BCUT2D eigenvalue weighted by Gasteiger charge is 2.26. The lowest BCUT2D eigenvalue weighted by Crippen LogP contribution is -2.33. The van der Waals surface area contributed by atoms with Crippen LogP contribution in [-0.4, -0.2) is 32.3 Å². The molecule has 10 heteroatoms. The molecule has 2 N–H and O–H groups in total. The molecule has 0 saturated heterocycles. The van der Waals surface area contributed by atoms with Gasteiger partial charge in [-0.15, -0.1) is 16.8 Å². The normalized spacial score (nSPS) is 11.8. The molecular formula is C24H25Cl2N5O2S. The van der Waals surface area contributed by atoms with Crippen molar-refractivity contribution in [3.05, 3.63) is 82.6 Å². The predicted molar refractivity (Wildman–Crippen MR) is 138 cm³/mol. The van der Waals surface area contributed by atoms with E-state index in [9.17, 15) is 9.59 Å². The van der Waals surface area contributed by atoms with Crippen molar-refractivity contribution in [2.45, 2.75) is 31.6 Å². The van der Waals surface area contributed by atoms with Gasteiger partial charge >= 0.3 is 0 Å². The van der Waals surface area contributed by atoms with Gasteiger partial charge in [0.05, 0.1) is 11.8 Å². The Morgan fingerprint density at radius 2 is 1.79 bits per heavy atom. The van der Waals surface area contributed by atoms with Crippen molar-refractivity contribution in [3.63, 3.8) is 0 Å². The number of halogens is 2. The standard InChI is InChI=1S/C24H25Cl2N5O2S/c1-4-10-31-22(21(15(2)3)28-23(33)16-8-6-5-7-9-16)29-30-24(31)34-14-20(32)27-19-12-17(25)11-18(26)13-19/h4-9,11-13,15,21H,1,10,14H2,2-3H3,(H,27,32)(H,28,33)/t21-/m1/s1. The van der Waals surface area contributed by atoms with Gasteiger partial charge in [0.25, 0.3) is 5.91 Å². The van der Waals surface area contributed by atoms with E-state index in [1.807, 2.05) is 36.6 Å². The van der Waals surface area contributed by atoms with E-state index in [0.717, 1.165) is 0 Å². The van der Waals surface area contributed by atoms with Gasteiger partial charge in [-0.25, -0.2) is 0 Å². The summed E-state index contributed by atoms with van der Waals surface area (Å²) in [6.07, 6.45) is 1.72. The molecule has 0 aliphatic heterocycles. The lowest BCUT2D eigenvalue weighted by molar-refractivity contribution is -0.113. The van der Waals surface area contributed by atoms with E-state index in [-0.39, 0.29) is 29.5 Å². The van der Waals surface area contributed by atoms with Crippen LogP contribution in [-0.2, 0) is 11.3 Å². The Morgan fingerprint density at radius 1 is 1.12 bits per heavy atom. The van der Waals surface area contributed by atoms with E-state index in [1.165, 1.54) is 11.8 Å². The van der Waals surface area contributed by atoms with E-state index in [0.29, 0.717) is 38.8 Å². The zero-order valence-corrected chi connectivity index (χ0v) is 21.1. The average Bonchev–Trinajstić information content (AvgIpc) is 3.18. The van der Waals surface area contributed by atoms with Gasteiger partial charge < -0.3 is 15.2 Å². The fourth-order valence-corrected chi connectivity index (χ4v) is 4.52. The van der Waals surface area contributed by atoms with Crippen molar-refractivity contribution in [3.8, 4) is 0 Å². The largest absolute Gasteiger partial charge is 0.342 e. The number of benzene rings is 2. The van der Waals surface area contributed by atoms with Crippen molar-refractivity contribution in [2.24, 2.45) is 5.92 Å². The Balaban J connectivity index is 1.74. The van der Waals surface area contributed by atoms with Crippen molar-refractivity contribution >= 4 is 52.5 Å². The number of amides is 2. The summed E-state index contributed by atoms with van der Waals surface area (Å²) in [4.78, 5) is 25.3. The van der Waals surface area contributed by atoms with Gasteiger partial charge in [-0.2, -0.15) is 0 Å². The zero-order chi connectivity index (χ0) is 24.7. The molecule has 0 bridgehead atoms. The van der Waals surface area contributed by atoms with Crippen LogP contribution >= 0.6 is 35.0 Å². The monoisotopic (exact) mass is 517 g/mol. The van der Waals surface area contributed by atoms with Gasteiger partial charge in [0, 0.05) is 27.8 Å². The fourth-order valence-electron chi connectivity index (χ4n) is 3.23. The molecule has 3 rings (SSSR count). The smallest absolute Gasteiger partial charge is 0.251 e. The molecule has 1 aromatic heterocycles. The van der Waals surface area contributed by atoms with E-state index >= 15 is 0 Å². The summed E-state index contributed by atoms with van der Waals surface area (Å²) < 4.78 is 1.86. The SMILES string of the molecule is C=CCn1c(SCC(=O)Nc2cc(Cl)cc(Cl)c2)nnc1[C@H](NC(=O)c1ccccc1)C(C)C. The van der Waals surface area contributed by atoms with Crippen LogP contribution in [0, 0.1) is 5.92 Å². The number of rotatable bonds is 10. The minimum absolute atomic E-state index is 0.0501. The minimum Gasteiger partial charge on any atom is -0.342 e. The van der Waals surface area contributed by atoms with Crippen LogP contribution < -0.4 is 10.6 Å². The number of thioether (sulfide) groups is 1. The first kappa shape index (κ1) is 25.8. The third-order valence-electron chi connectivity index (χ3n) is 4.80. The van der Waals surface area contributed by atoms with Crippen LogP contribution in [0.1, 0.15) is 36.1 Å². The number of anilines is 1. The number of aromatic nitrogens is 3. The van der Waals surface area contributed by atoms with Gasteiger partial charge in [-0.1, -0.05) is 73.1 Å². The van der Waals surface area contributed by atoms with Gasteiger partial charge in [-0.3, -0.25) is 9.59 Å². The first-order valence-corrected chi connectivity index (χ1v) is 12.3. The van der Waals surface area contributed by atoms with Gasteiger partial charge in [0.15, 0.2) is 11.0 Å². The quantitative estimate of drug-likeness (QED) is 0.268. The first-order valence-electron chi connectivity index (χ1n) is 10.6. The van der Waals surface area contributed by atoms with E-state index < -0.39 is 0 Å². The summed E-state index contributed by atoms with van der Waals surface area (Å²) >= 11 is 13.2. The molecule has 1 heterocycles. The van der Waals surface area contributed by atoms with Crippen molar-refractivity contribution in [1.82, 2.24) is 20.1 Å². The van der Waals surface area contributed by atoms with E-state index in [1.54, 1.807) is 36.4 Å². The topological polar surface area (TPSA) is 88.9 Å². The summed E-state index contributed by atoms with van der Waals surface area (Å²) in [6.45, 7) is 8.25. The third-order valence-corrected chi connectivity index (χ3v) is 6.21. The number of hydrogen-bond acceptors (Lipinski definition) is 5. The van der Waals surface area contributed by atoms with E-state index in [4.69, 9.17) is 23.2 Å². The van der Waals surface area contributed by atoms with Crippen LogP contribution in [0.5, 0.6) is 0 Å². The summed E-state index contributed by atoms with van der Waals surface area (Å²) in [5.74, 6) is 0.317. The van der Waals surface area contributed by atoms with Crippen LogP contribution in [0.3, 0.4) is 0 Å². The molecule has 0 fully saturated rings. The zero-order valence-electron chi connectivity index (χ0n) is 18.8. The number of nitrogens with zero attached hydrogens (tertiary/aromatic N) is 3. The van der Waals surface area contributed by atoms with Crippen LogP contribution in [0.2, 0.25) is 10.0 Å². The molecule has 0 unspecified atom stereocenters. The highest BCUT2D eigenvalue weighted by atomic mass is 35.5. The molecule has 2 amide bonds. The second kappa shape index (κ2) is 12.1. The molecule has 7 nitrogen and oxygen atoms in total. The molecule has 0 spiro atoms. The molecule has 3 aromatic rings. The number of carbonyl (C=O) groups excluding carboxylic acids is 2. The average molecular weight is 518 g/mol. The van der Waals surface area contributed by atoms with E-state index in [2.05, 4.69) is 27.4 Å². The van der Waals surface area contributed by atoms with Gasteiger partial charge in [-0.05, 0) is 36.2 Å². The van der Waals surface area contributed by atoms with Crippen LogP contribution in [0.25, 0.3) is 0 Å². The molecule has 0 saturated carbocycles. The number of nitrogens with one attached hydrogen (secondary N) is 2. The molecule has 0 radical (unpaired) electrons. The maximum Gasteiger partial charge on any atom is 0.251 e. The summed E-state index contributed by atoms with van der Waals surface area (Å²) in [7, 11) is 0.